The summed E-state index contributed by atoms with van der Waals surface area (Å²) in [6, 6.07) is 23.1. The van der Waals surface area contributed by atoms with Crippen molar-refractivity contribution < 1.29 is 14.3 Å². The fourth-order valence-corrected chi connectivity index (χ4v) is 5.08. The molecule has 0 radical (unpaired) electrons. The number of amides is 2. The zero-order chi connectivity index (χ0) is 26.2. The number of aryl methyl sites for hydroxylation is 1. The van der Waals surface area contributed by atoms with Crippen LogP contribution in [0.3, 0.4) is 0 Å². The summed E-state index contributed by atoms with van der Waals surface area (Å²) in [4.78, 5) is 29.2. The van der Waals surface area contributed by atoms with E-state index in [1.165, 1.54) is 0 Å². The largest absolute Gasteiger partial charge is 0.483 e. The molecule has 1 N–H and O–H groups in total. The molecular weight excluding hydrogens is 528 g/mol. The Balaban J connectivity index is 1.62. The van der Waals surface area contributed by atoms with Gasteiger partial charge in [0, 0.05) is 23.5 Å². The number of nitrogens with zero attached hydrogens (tertiary/aromatic N) is 1. The molecule has 5 nitrogen and oxygen atoms in total. The van der Waals surface area contributed by atoms with Gasteiger partial charge in [-0.05, 0) is 67.1 Å². The average Bonchev–Trinajstić information content (AvgIpc) is 3.41. The Bertz CT molecular complexity index is 1190. The molecule has 1 aliphatic rings. The van der Waals surface area contributed by atoms with Crippen molar-refractivity contribution in [3.63, 3.8) is 0 Å². The molecule has 1 fully saturated rings. The van der Waals surface area contributed by atoms with Crippen LogP contribution < -0.4 is 10.1 Å². The zero-order valence-corrected chi connectivity index (χ0v) is 23.2. The van der Waals surface area contributed by atoms with E-state index in [-0.39, 0.29) is 24.5 Å². The quantitative estimate of drug-likeness (QED) is 0.322. The van der Waals surface area contributed by atoms with Crippen LogP contribution in [0.2, 0.25) is 0 Å². The smallest absolute Gasteiger partial charge is 0.261 e. The molecule has 1 atom stereocenters. The molecule has 4 rings (SSSR count). The molecule has 6 heteroatoms. The first-order chi connectivity index (χ1) is 17.9. The van der Waals surface area contributed by atoms with Crippen LogP contribution >= 0.6 is 15.9 Å². The summed E-state index contributed by atoms with van der Waals surface area (Å²) in [5.41, 5.74) is 4.08. The molecule has 194 valence electrons. The van der Waals surface area contributed by atoms with E-state index in [4.69, 9.17) is 4.74 Å². The van der Waals surface area contributed by atoms with Crippen molar-refractivity contribution in [1.82, 2.24) is 10.2 Å². The van der Waals surface area contributed by atoms with E-state index in [9.17, 15) is 9.59 Å². The lowest BCUT2D eigenvalue weighted by molar-refractivity contribution is -0.143. The lowest BCUT2D eigenvalue weighted by Gasteiger charge is -2.32. The maximum atomic E-state index is 13.8. The van der Waals surface area contributed by atoms with Crippen LogP contribution in [0.5, 0.6) is 5.75 Å². The maximum Gasteiger partial charge on any atom is 0.261 e. The van der Waals surface area contributed by atoms with Gasteiger partial charge >= 0.3 is 0 Å². The van der Waals surface area contributed by atoms with Gasteiger partial charge < -0.3 is 15.0 Å². The number of halogens is 1. The Hall–Kier alpha value is -3.12. The number of benzene rings is 3. The molecule has 0 aliphatic heterocycles. The number of nitrogens with one attached hydrogen (secondary N) is 1. The molecule has 0 bridgehead atoms. The summed E-state index contributed by atoms with van der Waals surface area (Å²) in [7, 11) is 0. The summed E-state index contributed by atoms with van der Waals surface area (Å²) in [6.07, 6.45) is 4.66. The summed E-state index contributed by atoms with van der Waals surface area (Å²) >= 11 is 3.48. The lowest BCUT2D eigenvalue weighted by atomic mass is 10.0. The monoisotopic (exact) mass is 562 g/mol. The third kappa shape index (κ3) is 7.45. The Morgan fingerprint density at radius 1 is 0.946 bits per heavy atom. The summed E-state index contributed by atoms with van der Waals surface area (Å²) in [5.74, 6) is 0.367. The molecule has 1 unspecified atom stereocenters. The van der Waals surface area contributed by atoms with Crippen molar-refractivity contribution in [2.45, 2.75) is 64.6 Å². The Morgan fingerprint density at radius 2 is 1.65 bits per heavy atom. The molecule has 0 aromatic heterocycles. The Kier molecular flexibility index (Phi) is 9.40. The number of carbonyl (C=O) groups excluding carboxylic acids is 2. The summed E-state index contributed by atoms with van der Waals surface area (Å²) < 4.78 is 6.97. The van der Waals surface area contributed by atoms with Crippen LogP contribution in [0.4, 0.5) is 0 Å². The molecule has 0 spiro atoms. The highest BCUT2D eigenvalue weighted by atomic mass is 79.9. The predicted octanol–water partition coefficient (Wildman–Crippen LogP) is 6.14. The SMILES string of the molecule is Cc1cccc(OCC(=O)N(Cc2ccc(Br)cc2)C(Cc2ccccc2)C(=O)NC2CCCC2)c1C. The van der Waals surface area contributed by atoms with Crippen LogP contribution in [0.15, 0.2) is 77.3 Å². The minimum absolute atomic E-state index is 0.104. The van der Waals surface area contributed by atoms with Gasteiger partial charge in [0.1, 0.15) is 11.8 Å². The van der Waals surface area contributed by atoms with Crippen LogP contribution in [-0.4, -0.2) is 35.4 Å². The Labute approximate surface area is 228 Å². The van der Waals surface area contributed by atoms with Gasteiger partial charge in [-0.1, -0.05) is 83.4 Å². The van der Waals surface area contributed by atoms with Gasteiger partial charge in [-0.25, -0.2) is 0 Å². The Morgan fingerprint density at radius 3 is 2.35 bits per heavy atom. The van der Waals surface area contributed by atoms with E-state index >= 15 is 0 Å². The summed E-state index contributed by atoms with van der Waals surface area (Å²) in [5, 5.41) is 3.24. The van der Waals surface area contributed by atoms with Crippen molar-refractivity contribution in [3.05, 3.63) is 99.5 Å². The third-order valence-corrected chi connectivity index (χ3v) is 7.67. The van der Waals surface area contributed by atoms with E-state index in [2.05, 4.69) is 21.2 Å². The molecule has 37 heavy (non-hydrogen) atoms. The van der Waals surface area contributed by atoms with E-state index in [1.54, 1.807) is 4.90 Å². The van der Waals surface area contributed by atoms with Gasteiger partial charge in [-0.15, -0.1) is 0 Å². The zero-order valence-electron chi connectivity index (χ0n) is 21.6. The lowest BCUT2D eigenvalue weighted by Crippen LogP contribution is -2.53. The first-order valence-electron chi connectivity index (χ1n) is 13.0. The van der Waals surface area contributed by atoms with Crippen LogP contribution in [0.1, 0.15) is 47.9 Å². The third-order valence-electron chi connectivity index (χ3n) is 7.14. The standard InChI is InChI=1S/C31H35BrN2O3/c1-22-9-8-14-29(23(22)2)37-21-30(35)34(20-25-15-17-26(32)18-16-25)28(19-24-10-4-3-5-11-24)31(36)33-27-12-6-7-13-27/h3-5,8-11,14-18,27-28H,6-7,12-13,19-21H2,1-2H3,(H,33,36). The first kappa shape index (κ1) is 26.9. The van der Waals surface area contributed by atoms with Gasteiger partial charge in [0.25, 0.3) is 5.91 Å². The second kappa shape index (κ2) is 12.9. The minimum Gasteiger partial charge on any atom is -0.483 e. The maximum absolute atomic E-state index is 13.8. The minimum atomic E-state index is -0.652. The van der Waals surface area contributed by atoms with E-state index in [0.29, 0.717) is 18.7 Å². The number of rotatable bonds is 10. The van der Waals surface area contributed by atoms with Gasteiger partial charge in [-0.2, -0.15) is 0 Å². The molecule has 0 heterocycles. The van der Waals surface area contributed by atoms with Crippen molar-refractivity contribution in [3.8, 4) is 5.75 Å². The van der Waals surface area contributed by atoms with E-state index < -0.39 is 6.04 Å². The van der Waals surface area contributed by atoms with Gasteiger partial charge in [0.15, 0.2) is 6.61 Å². The van der Waals surface area contributed by atoms with E-state index in [1.807, 2.05) is 86.6 Å². The molecule has 3 aromatic rings. The molecule has 1 saturated carbocycles. The molecular formula is C31H35BrN2O3. The van der Waals surface area contributed by atoms with Crippen molar-refractivity contribution >= 4 is 27.7 Å². The van der Waals surface area contributed by atoms with Crippen LogP contribution in [-0.2, 0) is 22.6 Å². The highest BCUT2D eigenvalue weighted by Crippen LogP contribution is 2.23. The normalized spacial score (nSPS) is 14.2. The fourth-order valence-electron chi connectivity index (χ4n) is 4.81. The second-order valence-electron chi connectivity index (χ2n) is 9.83. The number of hydrogen-bond donors (Lipinski definition) is 1. The number of carbonyl (C=O) groups is 2. The number of ether oxygens (including phenoxy) is 1. The highest BCUT2D eigenvalue weighted by Gasteiger charge is 2.32. The molecule has 2 amide bonds. The fraction of sp³-hybridized carbons (Fsp3) is 0.355. The topological polar surface area (TPSA) is 58.6 Å². The van der Waals surface area contributed by atoms with Gasteiger partial charge in [0.2, 0.25) is 5.91 Å². The van der Waals surface area contributed by atoms with Crippen LogP contribution in [0.25, 0.3) is 0 Å². The predicted molar refractivity (Wildman–Crippen MR) is 150 cm³/mol. The molecule has 3 aromatic carbocycles. The molecule has 1 aliphatic carbocycles. The molecule has 0 saturated heterocycles. The van der Waals surface area contributed by atoms with Crippen LogP contribution in [0, 0.1) is 13.8 Å². The van der Waals surface area contributed by atoms with Gasteiger partial charge in [0.05, 0.1) is 0 Å². The van der Waals surface area contributed by atoms with Gasteiger partial charge in [-0.3, -0.25) is 9.59 Å². The second-order valence-corrected chi connectivity index (χ2v) is 10.7. The highest BCUT2D eigenvalue weighted by molar-refractivity contribution is 9.10. The van der Waals surface area contributed by atoms with Crippen molar-refractivity contribution in [1.29, 1.82) is 0 Å². The van der Waals surface area contributed by atoms with E-state index in [0.717, 1.165) is 52.4 Å². The summed E-state index contributed by atoms with van der Waals surface area (Å²) in [6.45, 7) is 4.19. The van der Waals surface area contributed by atoms with Crippen molar-refractivity contribution in [2.24, 2.45) is 0 Å². The number of hydrogen-bond acceptors (Lipinski definition) is 3. The first-order valence-corrected chi connectivity index (χ1v) is 13.8. The van der Waals surface area contributed by atoms with Crippen molar-refractivity contribution in [2.75, 3.05) is 6.61 Å². The average molecular weight is 564 g/mol.